The Morgan fingerprint density at radius 3 is 2.63 bits per heavy atom. The molecule has 27 heavy (non-hydrogen) atoms. The minimum atomic E-state index is -0.391. The number of aromatic nitrogens is 1. The molecule has 1 aromatic carbocycles. The first-order valence-electron chi connectivity index (χ1n) is 9.34. The maximum absolute atomic E-state index is 12.7. The Kier molecular flexibility index (Phi) is 5.29. The zero-order valence-corrected chi connectivity index (χ0v) is 15.7. The number of likely N-dealkylation sites (tertiary alicyclic amines) is 1. The number of hydrazine groups is 1. The highest BCUT2D eigenvalue weighted by Gasteiger charge is 2.37. The highest BCUT2D eigenvalue weighted by molar-refractivity contribution is 6.30. The lowest BCUT2D eigenvalue weighted by Gasteiger charge is -2.36. The van der Waals surface area contributed by atoms with Gasteiger partial charge in [-0.15, -0.1) is 0 Å². The Hall–Kier alpha value is -2.15. The fourth-order valence-electron chi connectivity index (χ4n) is 4.23. The van der Waals surface area contributed by atoms with E-state index in [0.717, 1.165) is 19.4 Å². The molecule has 7 heteroatoms. The van der Waals surface area contributed by atoms with Gasteiger partial charge in [-0.25, -0.2) is 0 Å². The van der Waals surface area contributed by atoms with Gasteiger partial charge >= 0.3 is 0 Å². The van der Waals surface area contributed by atoms with E-state index in [2.05, 4.69) is 40.1 Å². The predicted molar refractivity (Wildman–Crippen MR) is 105 cm³/mol. The molecule has 2 fully saturated rings. The molecule has 2 atom stereocenters. The van der Waals surface area contributed by atoms with E-state index in [1.807, 2.05) is 6.07 Å². The van der Waals surface area contributed by atoms with Crippen molar-refractivity contribution >= 4 is 17.5 Å². The summed E-state index contributed by atoms with van der Waals surface area (Å²) in [6, 6.07) is 12.3. The molecule has 0 bridgehead atoms. The van der Waals surface area contributed by atoms with E-state index in [-0.39, 0.29) is 11.5 Å². The molecule has 2 aliphatic heterocycles. The Balaban J connectivity index is 1.42. The average Bonchev–Trinajstić information content (AvgIpc) is 3.20. The highest BCUT2D eigenvalue weighted by Crippen LogP contribution is 2.32. The second-order valence-electron chi connectivity index (χ2n) is 7.26. The van der Waals surface area contributed by atoms with Gasteiger partial charge in [-0.2, -0.15) is 0 Å². The van der Waals surface area contributed by atoms with E-state index in [1.54, 1.807) is 4.90 Å². The van der Waals surface area contributed by atoms with Gasteiger partial charge in [0.25, 0.3) is 11.5 Å². The van der Waals surface area contributed by atoms with E-state index in [4.69, 9.17) is 11.6 Å². The lowest BCUT2D eigenvalue weighted by Crippen LogP contribution is -2.46. The lowest BCUT2D eigenvalue weighted by molar-refractivity contribution is 0.0668. The third kappa shape index (κ3) is 3.78. The van der Waals surface area contributed by atoms with Crippen LogP contribution in [0.15, 0.2) is 47.4 Å². The summed E-state index contributed by atoms with van der Waals surface area (Å²) in [4.78, 5) is 28.9. The number of nitrogens with one attached hydrogen (secondary N) is 3. The molecule has 0 spiro atoms. The maximum atomic E-state index is 12.7. The van der Waals surface area contributed by atoms with Gasteiger partial charge in [0.2, 0.25) is 0 Å². The number of carbonyl (C=O) groups excluding carboxylic acids is 1. The number of hydrogen-bond donors (Lipinski definition) is 3. The standard InChI is InChI=1S/C20H23ClN4O2/c21-15-10-16(19(26)22-11-15)20(27)25-8-6-14(7-9-25)18-17(12-23-24-18)13-4-2-1-3-5-13/h1-5,10-11,14,17-18,23-24H,6-9,12H2,(H,22,26). The smallest absolute Gasteiger partial charge is 0.260 e. The fraction of sp³-hybridized carbons (Fsp3) is 0.400. The van der Waals surface area contributed by atoms with Gasteiger partial charge in [0, 0.05) is 37.8 Å². The van der Waals surface area contributed by atoms with Crippen LogP contribution in [0.2, 0.25) is 5.02 Å². The Bertz CT molecular complexity index is 862. The number of nitrogens with zero attached hydrogens (tertiary/aromatic N) is 1. The molecule has 0 radical (unpaired) electrons. The number of aromatic amines is 1. The van der Waals surface area contributed by atoms with Crippen molar-refractivity contribution in [2.45, 2.75) is 24.8 Å². The van der Waals surface area contributed by atoms with Gasteiger partial charge in [0.15, 0.2) is 0 Å². The van der Waals surface area contributed by atoms with Crippen molar-refractivity contribution in [2.24, 2.45) is 5.92 Å². The molecule has 1 aromatic heterocycles. The van der Waals surface area contributed by atoms with Gasteiger partial charge in [0.05, 0.1) is 5.02 Å². The molecule has 2 unspecified atom stereocenters. The highest BCUT2D eigenvalue weighted by atomic mass is 35.5. The molecule has 6 nitrogen and oxygen atoms in total. The van der Waals surface area contributed by atoms with Crippen LogP contribution >= 0.6 is 11.6 Å². The third-order valence-electron chi connectivity index (χ3n) is 5.69. The topological polar surface area (TPSA) is 77.2 Å². The van der Waals surface area contributed by atoms with Crippen LogP contribution in [0.4, 0.5) is 0 Å². The third-order valence-corrected chi connectivity index (χ3v) is 5.90. The SMILES string of the molecule is O=C(c1cc(Cl)c[nH]c1=O)N1CCC(C2NNCC2c2ccccc2)CC1. The molecule has 2 aliphatic rings. The monoisotopic (exact) mass is 386 g/mol. The second kappa shape index (κ2) is 7.84. The van der Waals surface area contributed by atoms with E-state index in [0.29, 0.717) is 36.0 Å². The molecule has 4 rings (SSSR count). The van der Waals surface area contributed by atoms with E-state index in [9.17, 15) is 9.59 Å². The van der Waals surface area contributed by atoms with Crippen LogP contribution in [0.5, 0.6) is 0 Å². The molecule has 1 amide bonds. The van der Waals surface area contributed by atoms with Crippen LogP contribution in [0, 0.1) is 5.92 Å². The van der Waals surface area contributed by atoms with Gasteiger partial charge in [-0.05, 0) is 30.4 Å². The van der Waals surface area contributed by atoms with Crippen LogP contribution in [-0.4, -0.2) is 41.5 Å². The number of benzene rings is 1. The number of carbonyl (C=O) groups is 1. The normalized spacial score (nSPS) is 23.5. The van der Waals surface area contributed by atoms with Gasteiger partial charge in [-0.1, -0.05) is 41.9 Å². The van der Waals surface area contributed by atoms with Crippen molar-refractivity contribution in [1.82, 2.24) is 20.7 Å². The quantitative estimate of drug-likeness (QED) is 0.755. The Morgan fingerprint density at radius 2 is 1.89 bits per heavy atom. The van der Waals surface area contributed by atoms with Crippen molar-refractivity contribution in [1.29, 1.82) is 0 Å². The Morgan fingerprint density at radius 1 is 1.15 bits per heavy atom. The van der Waals surface area contributed by atoms with E-state index >= 15 is 0 Å². The van der Waals surface area contributed by atoms with Gasteiger partial charge in [-0.3, -0.25) is 20.4 Å². The Labute approximate surface area is 162 Å². The number of H-pyrrole nitrogens is 1. The zero-order valence-electron chi connectivity index (χ0n) is 15.0. The van der Waals surface area contributed by atoms with Crippen LogP contribution in [0.25, 0.3) is 0 Å². The van der Waals surface area contributed by atoms with Crippen LogP contribution < -0.4 is 16.4 Å². The van der Waals surface area contributed by atoms with Crippen LogP contribution in [0.1, 0.15) is 34.7 Å². The fourth-order valence-corrected chi connectivity index (χ4v) is 4.40. The van der Waals surface area contributed by atoms with Crippen molar-refractivity contribution in [3.05, 3.63) is 69.1 Å². The van der Waals surface area contributed by atoms with E-state index < -0.39 is 5.56 Å². The second-order valence-corrected chi connectivity index (χ2v) is 7.69. The molecular weight excluding hydrogens is 364 g/mol. The predicted octanol–water partition coefficient (Wildman–Crippen LogP) is 2.14. The van der Waals surface area contributed by atoms with Crippen molar-refractivity contribution in [3.63, 3.8) is 0 Å². The summed E-state index contributed by atoms with van der Waals surface area (Å²) in [6.45, 7) is 2.20. The number of piperidine rings is 1. The summed E-state index contributed by atoms with van der Waals surface area (Å²) in [6.07, 6.45) is 3.22. The van der Waals surface area contributed by atoms with Gasteiger partial charge in [0.1, 0.15) is 5.56 Å². The van der Waals surface area contributed by atoms with Crippen molar-refractivity contribution in [3.8, 4) is 0 Å². The summed E-state index contributed by atoms with van der Waals surface area (Å²) in [7, 11) is 0. The van der Waals surface area contributed by atoms with Gasteiger partial charge < -0.3 is 9.88 Å². The number of hydrogen-bond acceptors (Lipinski definition) is 4. The molecular formula is C20H23ClN4O2. The van der Waals surface area contributed by atoms with Crippen LogP contribution in [-0.2, 0) is 0 Å². The molecule has 142 valence electrons. The molecule has 2 saturated heterocycles. The maximum Gasteiger partial charge on any atom is 0.260 e. The average molecular weight is 387 g/mol. The summed E-state index contributed by atoms with van der Waals surface area (Å²) in [5, 5.41) is 0.361. The summed E-state index contributed by atoms with van der Waals surface area (Å²) >= 11 is 5.93. The minimum absolute atomic E-state index is 0.115. The molecule has 3 N–H and O–H groups in total. The number of pyridine rings is 1. The van der Waals surface area contributed by atoms with Crippen LogP contribution in [0.3, 0.4) is 0 Å². The van der Waals surface area contributed by atoms with Crippen molar-refractivity contribution in [2.75, 3.05) is 19.6 Å². The summed E-state index contributed by atoms with van der Waals surface area (Å²) < 4.78 is 0. The molecule has 0 saturated carbocycles. The summed E-state index contributed by atoms with van der Waals surface area (Å²) in [5.74, 6) is 0.662. The minimum Gasteiger partial charge on any atom is -0.338 e. The lowest BCUT2D eigenvalue weighted by atomic mass is 9.80. The molecule has 3 heterocycles. The first-order chi connectivity index (χ1) is 13.1. The first kappa shape index (κ1) is 18.2. The van der Waals surface area contributed by atoms with Crippen molar-refractivity contribution < 1.29 is 4.79 Å². The summed E-state index contributed by atoms with van der Waals surface area (Å²) in [5.41, 5.74) is 7.80. The number of halogens is 1. The molecule has 2 aromatic rings. The molecule has 0 aliphatic carbocycles. The van der Waals surface area contributed by atoms with E-state index in [1.165, 1.54) is 17.8 Å². The first-order valence-corrected chi connectivity index (χ1v) is 9.72. The zero-order chi connectivity index (χ0) is 18.8. The largest absolute Gasteiger partial charge is 0.338 e. The number of rotatable bonds is 3. The number of amides is 1.